The molecule has 0 amide bonds. The van der Waals surface area contributed by atoms with E-state index in [1.165, 1.54) is 23.0 Å². The summed E-state index contributed by atoms with van der Waals surface area (Å²) in [6.07, 6.45) is 0. The summed E-state index contributed by atoms with van der Waals surface area (Å²) in [4.78, 5) is 0. The maximum Gasteiger partial charge on any atom is 0.0521 e. The summed E-state index contributed by atoms with van der Waals surface area (Å²) < 4.78 is 0. The highest BCUT2D eigenvalue weighted by atomic mass is 32.2. The molecule has 2 unspecified atom stereocenters. The van der Waals surface area contributed by atoms with E-state index in [9.17, 15) is 0 Å². The number of nitrogens with two attached hydrogens (primary N) is 1. The third-order valence-electron chi connectivity index (χ3n) is 2.11. The highest BCUT2D eigenvalue weighted by Gasteiger charge is 2.06. The fourth-order valence-electron chi connectivity index (χ4n) is 1.28. The average molecular weight is 298 g/mol. The zero-order valence-electron chi connectivity index (χ0n) is 11.1. The second-order valence-electron chi connectivity index (χ2n) is 4.41. The Hall–Kier alpha value is 0.970. The maximum atomic E-state index is 8.69. The van der Waals surface area contributed by atoms with Crippen LogP contribution in [0.3, 0.4) is 0 Å². The molecule has 0 aromatic heterocycles. The van der Waals surface area contributed by atoms with Gasteiger partial charge in [-0.15, -0.1) is 0 Å². The number of aliphatic hydroxyl groups is 1. The van der Waals surface area contributed by atoms with Gasteiger partial charge in [-0.2, -0.15) is 35.3 Å². The fraction of sp³-hybridized carbons (Fsp3) is 1.00. The summed E-state index contributed by atoms with van der Waals surface area (Å²) in [5, 5.41) is 8.69. The van der Waals surface area contributed by atoms with Gasteiger partial charge in [0.1, 0.15) is 0 Å². The Kier molecular flexibility index (Phi) is 14.2. The summed E-state index contributed by atoms with van der Waals surface area (Å²) in [5.74, 6) is 8.40. The lowest BCUT2D eigenvalue weighted by Crippen LogP contribution is -2.09. The van der Waals surface area contributed by atoms with Gasteiger partial charge in [0.25, 0.3) is 0 Å². The van der Waals surface area contributed by atoms with Crippen LogP contribution >= 0.6 is 35.3 Å². The fourth-order valence-corrected chi connectivity index (χ4v) is 4.43. The van der Waals surface area contributed by atoms with E-state index in [2.05, 4.69) is 25.6 Å². The van der Waals surface area contributed by atoms with E-state index < -0.39 is 0 Å². The lowest BCUT2D eigenvalue weighted by molar-refractivity contribution is 0.322. The highest BCUT2D eigenvalue weighted by Crippen LogP contribution is 2.18. The number of hydrogen-bond donors (Lipinski definition) is 2. The van der Waals surface area contributed by atoms with Crippen molar-refractivity contribution in [1.82, 2.24) is 0 Å². The molecule has 0 aliphatic heterocycles. The van der Waals surface area contributed by atoms with Crippen LogP contribution in [-0.4, -0.2) is 52.8 Å². The van der Waals surface area contributed by atoms with Crippen LogP contribution < -0.4 is 5.73 Å². The Labute approximate surface area is 119 Å². The first-order chi connectivity index (χ1) is 8.20. The molecule has 0 aromatic carbocycles. The van der Waals surface area contributed by atoms with Gasteiger partial charge in [-0.05, 0) is 34.8 Å². The Morgan fingerprint density at radius 2 is 1.35 bits per heavy atom. The Balaban J connectivity index is 3.29. The van der Waals surface area contributed by atoms with E-state index >= 15 is 0 Å². The lowest BCUT2D eigenvalue weighted by atomic mass is 10.3. The van der Waals surface area contributed by atoms with E-state index in [4.69, 9.17) is 10.8 Å². The van der Waals surface area contributed by atoms with Gasteiger partial charge in [-0.3, -0.25) is 0 Å². The second kappa shape index (κ2) is 13.4. The lowest BCUT2D eigenvalue weighted by Gasteiger charge is -2.13. The van der Waals surface area contributed by atoms with Crippen molar-refractivity contribution in [1.29, 1.82) is 0 Å². The molecule has 0 radical (unpaired) electrons. The van der Waals surface area contributed by atoms with Crippen molar-refractivity contribution in [2.24, 2.45) is 17.6 Å². The minimum absolute atomic E-state index is 0.305. The van der Waals surface area contributed by atoms with Crippen LogP contribution in [0.2, 0.25) is 0 Å². The molecule has 0 aromatic rings. The molecule has 5 heteroatoms. The minimum Gasteiger partial charge on any atom is -0.396 e. The third-order valence-corrected chi connectivity index (χ3v) is 6.32. The molecule has 0 heterocycles. The van der Waals surface area contributed by atoms with Crippen LogP contribution in [0.5, 0.6) is 0 Å². The number of rotatable bonds is 12. The van der Waals surface area contributed by atoms with E-state index in [0.717, 1.165) is 29.9 Å². The summed E-state index contributed by atoms with van der Waals surface area (Å²) in [6, 6.07) is 0. The van der Waals surface area contributed by atoms with Crippen molar-refractivity contribution >= 4 is 35.3 Å². The van der Waals surface area contributed by atoms with Crippen molar-refractivity contribution < 1.29 is 5.11 Å². The predicted octanol–water partition coefficient (Wildman–Crippen LogP) is 2.41. The smallest absolute Gasteiger partial charge is 0.0521 e. The van der Waals surface area contributed by atoms with Gasteiger partial charge < -0.3 is 10.8 Å². The molecule has 0 aliphatic carbocycles. The summed E-state index contributed by atoms with van der Waals surface area (Å²) in [6.45, 7) is 5.72. The van der Waals surface area contributed by atoms with Crippen molar-refractivity contribution in [3.63, 3.8) is 0 Å². The molecule has 17 heavy (non-hydrogen) atoms. The van der Waals surface area contributed by atoms with E-state index in [1.54, 1.807) is 0 Å². The van der Waals surface area contributed by atoms with Gasteiger partial charge in [-0.1, -0.05) is 13.8 Å². The molecule has 2 nitrogen and oxygen atoms in total. The molecule has 0 saturated heterocycles. The van der Waals surface area contributed by atoms with E-state index in [1.807, 2.05) is 23.5 Å². The first-order valence-electron chi connectivity index (χ1n) is 6.24. The molecule has 3 N–H and O–H groups in total. The Morgan fingerprint density at radius 1 is 0.882 bits per heavy atom. The molecular weight excluding hydrogens is 270 g/mol. The molecule has 0 bridgehead atoms. The van der Waals surface area contributed by atoms with Crippen molar-refractivity contribution in [3.05, 3.63) is 0 Å². The largest absolute Gasteiger partial charge is 0.396 e. The van der Waals surface area contributed by atoms with Crippen LogP contribution in [0.25, 0.3) is 0 Å². The minimum atomic E-state index is 0.305. The number of aliphatic hydroxyl groups excluding tert-OH is 1. The van der Waals surface area contributed by atoms with E-state index in [0.29, 0.717) is 6.61 Å². The van der Waals surface area contributed by atoms with Crippen molar-refractivity contribution in [2.45, 2.75) is 13.8 Å². The van der Waals surface area contributed by atoms with Crippen LogP contribution in [0.15, 0.2) is 0 Å². The SMILES string of the molecule is CC(CSCCN)CSCC(C)CSCCO. The average Bonchev–Trinajstić information content (AvgIpc) is 2.30. The predicted molar refractivity (Wildman–Crippen MR) is 86.4 cm³/mol. The third kappa shape index (κ3) is 13.2. The van der Waals surface area contributed by atoms with Gasteiger partial charge in [0.05, 0.1) is 6.61 Å². The standard InChI is InChI=1S/C12H27NOS3/c1-11(7-15-5-3-13)9-17-10-12(2)8-16-6-4-14/h11-12,14H,3-10,13H2,1-2H3. The van der Waals surface area contributed by atoms with Gasteiger partial charge in [0.15, 0.2) is 0 Å². The van der Waals surface area contributed by atoms with Crippen LogP contribution in [0.4, 0.5) is 0 Å². The Morgan fingerprint density at radius 3 is 1.82 bits per heavy atom. The Bertz CT molecular complexity index is 145. The first-order valence-corrected chi connectivity index (χ1v) is 9.71. The molecule has 0 aliphatic rings. The molecule has 0 spiro atoms. The van der Waals surface area contributed by atoms with Gasteiger partial charge in [-0.25, -0.2) is 0 Å². The number of hydrogen-bond acceptors (Lipinski definition) is 5. The number of thioether (sulfide) groups is 3. The molecule has 104 valence electrons. The topological polar surface area (TPSA) is 46.2 Å². The summed E-state index contributed by atoms with van der Waals surface area (Å²) in [5.41, 5.74) is 5.47. The second-order valence-corrected chi connectivity index (χ2v) is 7.78. The zero-order valence-corrected chi connectivity index (χ0v) is 13.5. The van der Waals surface area contributed by atoms with Gasteiger partial charge >= 0.3 is 0 Å². The molecule has 0 saturated carbocycles. The van der Waals surface area contributed by atoms with E-state index in [-0.39, 0.29) is 0 Å². The van der Waals surface area contributed by atoms with Crippen molar-refractivity contribution in [2.75, 3.05) is 47.7 Å². The maximum absolute atomic E-state index is 8.69. The molecule has 0 rings (SSSR count). The zero-order chi connectivity index (χ0) is 12.9. The summed E-state index contributed by atoms with van der Waals surface area (Å²) >= 11 is 5.89. The molecular formula is C12H27NOS3. The molecule has 2 atom stereocenters. The van der Waals surface area contributed by atoms with Crippen LogP contribution in [0.1, 0.15) is 13.8 Å². The van der Waals surface area contributed by atoms with Crippen LogP contribution in [-0.2, 0) is 0 Å². The quantitative estimate of drug-likeness (QED) is 0.542. The summed E-state index contributed by atoms with van der Waals surface area (Å²) in [7, 11) is 0. The van der Waals surface area contributed by atoms with Crippen molar-refractivity contribution in [3.8, 4) is 0 Å². The first kappa shape index (κ1) is 18.0. The normalized spacial score (nSPS) is 14.8. The monoisotopic (exact) mass is 297 g/mol. The highest BCUT2D eigenvalue weighted by molar-refractivity contribution is 8.00. The van der Waals surface area contributed by atoms with Gasteiger partial charge in [0.2, 0.25) is 0 Å². The molecule has 0 fully saturated rings. The van der Waals surface area contributed by atoms with Crippen LogP contribution in [0, 0.1) is 11.8 Å². The van der Waals surface area contributed by atoms with Gasteiger partial charge in [0, 0.05) is 18.1 Å².